The number of hydrogen-bond acceptors (Lipinski definition) is 3. The quantitative estimate of drug-likeness (QED) is 0.754. The van der Waals surface area contributed by atoms with Crippen molar-refractivity contribution in [1.29, 1.82) is 0 Å². The van der Waals surface area contributed by atoms with E-state index in [0.29, 0.717) is 6.04 Å². The van der Waals surface area contributed by atoms with Crippen LogP contribution in [-0.2, 0) is 6.54 Å². The highest BCUT2D eigenvalue weighted by atomic mass is 79.9. The standard InChI is InChI=1S/C14H25BrN2O/c1-4-17(5-2)9-6-7-12(3)16-11-14-13(15)8-10-18-14/h8,10,12,16H,4-7,9,11H2,1-3H3. The van der Waals surface area contributed by atoms with Crippen LogP contribution in [0, 0.1) is 0 Å². The van der Waals surface area contributed by atoms with E-state index < -0.39 is 0 Å². The van der Waals surface area contributed by atoms with Crippen molar-refractivity contribution < 1.29 is 4.42 Å². The van der Waals surface area contributed by atoms with E-state index in [0.717, 1.165) is 29.9 Å². The van der Waals surface area contributed by atoms with Crippen molar-refractivity contribution in [1.82, 2.24) is 10.2 Å². The first-order valence-corrected chi connectivity index (χ1v) is 7.64. The molecule has 1 N–H and O–H groups in total. The van der Waals surface area contributed by atoms with E-state index in [4.69, 9.17) is 4.42 Å². The van der Waals surface area contributed by atoms with Crippen molar-refractivity contribution in [3.63, 3.8) is 0 Å². The molecule has 18 heavy (non-hydrogen) atoms. The monoisotopic (exact) mass is 316 g/mol. The van der Waals surface area contributed by atoms with E-state index >= 15 is 0 Å². The number of nitrogens with one attached hydrogen (secondary N) is 1. The first-order valence-electron chi connectivity index (χ1n) is 6.85. The molecule has 1 heterocycles. The van der Waals surface area contributed by atoms with Crippen LogP contribution in [0.3, 0.4) is 0 Å². The van der Waals surface area contributed by atoms with Gasteiger partial charge in [0.25, 0.3) is 0 Å². The Morgan fingerprint density at radius 2 is 2.11 bits per heavy atom. The average Bonchev–Trinajstić information content (AvgIpc) is 2.78. The van der Waals surface area contributed by atoms with Crippen molar-refractivity contribution in [3.8, 4) is 0 Å². The van der Waals surface area contributed by atoms with E-state index in [1.54, 1.807) is 6.26 Å². The van der Waals surface area contributed by atoms with Crippen molar-refractivity contribution in [2.24, 2.45) is 0 Å². The smallest absolute Gasteiger partial charge is 0.131 e. The van der Waals surface area contributed by atoms with Gasteiger partial charge < -0.3 is 14.6 Å². The summed E-state index contributed by atoms with van der Waals surface area (Å²) in [6.45, 7) is 11.0. The summed E-state index contributed by atoms with van der Waals surface area (Å²) in [5.74, 6) is 0.977. The Hall–Kier alpha value is -0.320. The highest BCUT2D eigenvalue weighted by Crippen LogP contribution is 2.17. The molecule has 1 unspecified atom stereocenters. The summed E-state index contributed by atoms with van der Waals surface area (Å²) in [4.78, 5) is 2.47. The van der Waals surface area contributed by atoms with Gasteiger partial charge in [0.1, 0.15) is 5.76 Å². The second-order valence-corrected chi connectivity index (χ2v) is 5.50. The molecule has 0 aliphatic heterocycles. The Morgan fingerprint density at radius 1 is 1.39 bits per heavy atom. The molecular formula is C14H25BrN2O. The van der Waals surface area contributed by atoms with Gasteiger partial charge in [-0.15, -0.1) is 0 Å². The van der Waals surface area contributed by atoms with Crippen LogP contribution in [-0.4, -0.2) is 30.6 Å². The molecule has 1 aromatic heterocycles. The van der Waals surface area contributed by atoms with Crippen LogP contribution in [0.5, 0.6) is 0 Å². The highest BCUT2D eigenvalue weighted by Gasteiger charge is 2.07. The van der Waals surface area contributed by atoms with Crippen LogP contribution in [0.2, 0.25) is 0 Å². The van der Waals surface area contributed by atoms with Gasteiger partial charge in [-0.1, -0.05) is 13.8 Å². The van der Waals surface area contributed by atoms with Crippen LogP contribution in [0.1, 0.15) is 39.4 Å². The molecule has 0 aliphatic carbocycles. The molecule has 4 heteroatoms. The van der Waals surface area contributed by atoms with Gasteiger partial charge in [0.15, 0.2) is 0 Å². The maximum Gasteiger partial charge on any atom is 0.131 e. The maximum atomic E-state index is 5.37. The summed E-state index contributed by atoms with van der Waals surface area (Å²) in [7, 11) is 0. The number of nitrogens with zero attached hydrogens (tertiary/aromatic N) is 1. The number of halogens is 1. The molecule has 104 valence electrons. The summed E-state index contributed by atoms with van der Waals surface area (Å²) in [6, 6.07) is 2.46. The molecule has 1 rings (SSSR count). The summed E-state index contributed by atoms with van der Waals surface area (Å²) in [5, 5.41) is 3.49. The lowest BCUT2D eigenvalue weighted by molar-refractivity contribution is 0.289. The summed E-state index contributed by atoms with van der Waals surface area (Å²) in [6.07, 6.45) is 4.16. The molecule has 1 aromatic rings. The normalized spacial score (nSPS) is 13.2. The maximum absolute atomic E-state index is 5.37. The fraction of sp³-hybridized carbons (Fsp3) is 0.714. The molecule has 1 atom stereocenters. The minimum Gasteiger partial charge on any atom is -0.467 e. The lowest BCUT2D eigenvalue weighted by Crippen LogP contribution is -2.28. The van der Waals surface area contributed by atoms with Crippen LogP contribution in [0.4, 0.5) is 0 Å². The zero-order chi connectivity index (χ0) is 13.4. The molecule has 0 aliphatic rings. The molecule has 3 nitrogen and oxygen atoms in total. The minimum absolute atomic E-state index is 0.526. The Kier molecular flexibility index (Phi) is 7.63. The van der Waals surface area contributed by atoms with Crippen molar-refractivity contribution >= 4 is 15.9 Å². The first-order chi connectivity index (χ1) is 8.67. The molecule has 0 aromatic carbocycles. The molecule has 0 saturated carbocycles. The van der Waals surface area contributed by atoms with Gasteiger partial charge in [-0.25, -0.2) is 0 Å². The van der Waals surface area contributed by atoms with Crippen molar-refractivity contribution in [2.75, 3.05) is 19.6 Å². The largest absolute Gasteiger partial charge is 0.467 e. The van der Waals surface area contributed by atoms with Crippen LogP contribution in [0.15, 0.2) is 21.2 Å². The Balaban J connectivity index is 2.14. The van der Waals surface area contributed by atoms with Crippen molar-refractivity contribution in [2.45, 2.75) is 46.2 Å². The fourth-order valence-electron chi connectivity index (χ4n) is 1.98. The van der Waals surface area contributed by atoms with Gasteiger partial charge >= 0.3 is 0 Å². The van der Waals surface area contributed by atoms with Gasteiger partial charge in [0.05, 0.1) is 17.3 Å². The first kappa shape index (κ1) is 15.7. The summed E-state index contributed by atoms with van der Waals surface area (Å²) < 4.78 is 6.42. The second-order valence-electron chi connectivity index (χ2n) is 4.64. The molecule has 0 radical (unpaired) electrons. The van der Waals surface area contributed by atoms with Crippen LogP contribution < -0.4 is 5.32 Å². The number of hydrogen-bond donors (Lipinski definition) is 1. The Labute approximate surface area is 119 Å². The zero-order valence-electron chi connectivity index (χ0n) is 11.7. The second kappa shape index (κ2) is 8.73. The SMILES string of the molecule is CCN(CC)CCCC(C)NCc1occc1Br. The van der Waals surface area contributed by atoms with E-state index in [9.17, 15) is 0 Å². The van der Waals surface area contributed by atoms with Gasteiger partial charge in [-0.05, 0) is 61.4 Å². The van der Waals surface area contributed by atoms with E-state index in [-0.39, 0.29) is 0 Å². The lowest BCUT2D eigenvalue weighted by atomic mass is 10.1. The Bertz CT molecular complexity index is 323. The topological polar surface area (TPSA) is 28.4 Å². The molecule has 0 fully saturated rings. The van der Waals surface area contributed by atoms with Gasteiger partial charge in [-0.2, -0.15) is 0 Å². The number of furan rings is 1. The predicted molar refractivity (Wildman–Crippen MR) is 79.7 cm³/mol. The van der Waals surface area contributed by atoms with Gasteiger partial charge in [0, 0.05) is 6.04 Å². The number of rotatable bonds is 9. The Morgan fingerprint density at radius 3 is 2.67 bits per heavy atom. The lowest BCUT2D eigenvalue weighted by Gasteiger charge is -2.19. The predicted octanol–water partition coefficient (Wildman–Crippen LogP) is 3.64. The van der Waals surface area contributed by atoms with Crippen LogP contribution >= 0.6 is 15.9 Å². The average molecular weight is 317 g/mol. The highest BCUT2D eigenvalue weighted by molar-refractivity contribution is 9.10. The van der Waals surface area contributed by atoms with E-state index in [1.165, 1.54) is 19.4 Å². The zero-order valence-corrected chi connectivity index (χ0v) is 13.3. The third kappa shape index (κ3) is 5.55. The third-order valence-electron chi connectivity index (χ3n) is 3.31. The molecular weight excluding hydrogens is 292 g/mol. The van der Waals surface area contributed by atoms with E-state index in [1.807, 2.05) is 6.07 Å². The summed E-state index contributed by atoms with van der Waals surface area (Å²) in [5.41, 5.74) is 0. The van der Waals surface area contributed by atoms with Gasteiger partial charge in [0.2, 0.25) is 0 Å². The van der Waals surface area contributed by atoms with Crippen LogP contribution in [0.25, 0.3) is 0 Å². The molecule has 0 spiro atoms. The third-order valence-corrected chi connectivity index (χ3v) is 4.01. The minimum atomic E-state index is 0.526. The fourth-order valence-corrected chi connectivity index (χ4v) is 2.32. The summed E-state index contributed by atoms with van der Waals surface area (Å²) >= 11 is 3.47. The molecule has 0 bridgehead atoms. The van der Waals surface area contributed by atoms with Gasteiger partial charge in [-0.3, -0.25) is 0 Å². The molecule has 0 saturated heterocycles. The van der Waals surface area contributed by atoms with Crippen molar-refractivity contribution in [3.05, 3.63) is 22.6 Å². The van der Waals surface area contributed by atoms with E-state index in [2.05, 4.69) is 46.9 Å². The molecule has 0 amide bonds.